The average Bonchev–Trinajstić information content (AvgIpc) is 2.68. The lowest BCUT2D eigenvalue weighted by Crippen LogP contribution is -2.50. The van der Waals surface area contributed by atoms with Crippen molar-refractivity contribution in [2.75, 3.05) is 38.0 Å². The van der Waals surface area contributed by atoms with Gasteiger partial charge >= 0.3 is 12.2 Å². The molecule has 0 bridgehead atoms. The molecule has 2 amide bonds. The van der Waals surface area contributed by atoms with Gasteiger partial charge in [0.25, 0.3) is 0 Å². The second-order valence-electron chi connectivity index (χ2n) is 6.69. The van der Waals surface area contributed by atoms with Crippen molar-refractivity contribution < 1.29 is 18.0 Å². The summed E-state index contributed by atoms with van der Waals surface area (Å²) in [6, 6.07) is 12.6. The van der Waals surface area contributed by atoms with Crippen LogP contribution in [0.25, 0.3) is 0 Å². The van der Waals surface area contributed by atoms with E-state index in [1.54, 1.807) is 4.90 Å². The third-order valence-electron chi connectivity index (χ3n) is 4.75. The number of urea groups is 1. The van der Waals surface area contributed by atoms with Crippen LogP contribution in [-0.2, 0) is 12.6 Å². The molecule has 4 nitrogen and oxygen atoms in total. The summed E-state index contributed by atoms with van der Waals surface area (Å²) >= 11 is 5.94. The molecule has 1 N–H and O–H groups in total. The van der Waals surface area contributed by atoms with Gasteiger partial charge in [0.2, 0.25) is 0 Å². The van der Waals surface area contributed by atoms with Crippen molar-refractivity contribution in [2.24, 2.45) is 0 Å². The van der Waals surface area contributed by atoms with Crippen molar-refractivity contribution in [3.63, 3.8) is 0 Å². The van der Waals surface area contributed by atoms with Gasteiger partial charge in [0.1, 0.15) is 0 Å². The van der Waals surface area contributed by atoms with Crippen LogP contribution in [0, 0.1) is 0 Å². The molecule has 8 heteroatoms. The van der Waals surface area contributed by atoms with E-state index in [2.05, 4.69) is 22.3 Å². The molecule has 1 heterocycles. The zero-order valence-electron chi connectivity index (χ0n) is 15.2. The molecule has 0 aromatic heterocycles. The van der Waals surface area contributed by atoms with Crippen LogP contribution in [0.1, 0.15) is 11.1 Å². The molecule has 1 fully saturated rings. The number of rotatable bonds is 4. The van der Waals surface area contributed by atoms with Crippen molar-refractivity contribution in [1.82, 2.24) is 9.80 Å². The quantitative estimate of drug-likeness (QED) is 0.788. The Kier molecular flexibility index (Phi) is 6.46. The molecule has 0 spiro atoms. The minimum atomic E-state index is -4.49. The highest BCUT2D eigenvalue weighted by atomic mass is 35.5. The molecular weight excluding hydrogens is 391 g/mol. The van der Waals surface area contributed by atoms with E-state index in [0.717, 1.165) is 44.3 Å². The highest BCUT2D eigenvalue weighted by Gasteiger charge is 2.31. The summed E-state index contributed by atoms with van der Waals surface area (Å²) in [5.41, 5.74) is 0.382. The zero-order valence-corrected chi connectivity index (χ0v) is 15.9. The number of nitrogens with one attached hydrogen (secondary N) is 1. The molecule has 150 valence electrons. The van der Waals surface area contributed by atoms with Gasteiger partial charge < -0.3 is 10.2 Å². The van der Waals surface area contributed by atoms with Crippen molar-refractivity contribution in [2.45, 2.75) is 12.6 Å². The summed E-state index contributed by atoms with van der Waals surface area (Å²) < 4.78 is 38.6. The summed E-state index contributed by atoms with van der Waals surface area (Å²) in [4.78, 5) is 16.3. The maximum Gasteiger partial charge on any atom is 0.416 e. The van der Waals surface area contributed by atoms with E-state index >= 15 is 0 Å². The molecule has 28 heavy (non-hydrogen) atoms. The third kappa shape index (κ3) is 5.39. The number of benzene rings is 2. The Morgan fingerprint density at radius 2 is 1.71 bits per heavy atom. The van der Waals surface area contributed by atoms with E-state index < -0.39 is 17.8 Å². The lowest BCUT2D eigenvalue weighted by molar-refractivity contribution is -0.137. The first-order valence-corrected chi connectivity index (χ1v) is 9.40. The Hall–Kier alpha value is -2.25. The predicted octanol–water partition coefficient (Wildman–Crippen LogP) is 4.75. The topological polar surface area (TPSA) is 35.6 Å². The van der Waals surface area contributed by atoms with Crippen LogP contribution in [0.5, 0.6) is 0 Å². The number of carbonyl (C=O) groups excluding carboxylic acids is 1. The normalized spacial score (nSPS) is 15.5. The Balaban J connectivity index is 1.51. The van der Waals surface area contributed by atoms with Crippen LogP contribution >= 0.6 is 11.6 Å². The first-order valence-electron chi connectivity index (χ1n) is 9.02. The second-order valence-corrected chi connectivity index (χ2v) is 7.09. The molecule has 0 unspecified atom stereocenters. The lowest BCUT2D eigenvalue weighted by atomic mass is 10.1. The van der Waals surface area contributed by atoms with Gasteiger partial charge in [-0.25, -0.2) is 4.79 Å². The molecule has 2 aromatic rings. The number of amides is 2. The summed E-state index contributed by atoms with van der Waals surface area (Å²) in [5.74, 6) is 0. The first-order chi connectivity index (χ1) is 13.3. The van der Waals surface area contributed by atoms with Crippen molar-refractivity contribution in [3.8, 4) is 0 Å². The first kappa shape index (κ1) is 20.5. The fourth-order valence-electron chi connectivity index (χ4n) is 3.10. The number of hydrogen-bond donors (Lipinski definition) is 1. The van der Waals surface area contributed by atoms with Gasteiger partial charge in [-0.15, -0.1) is 0 Å². The van der Waals surface area contributed by atoms with Crippen LogP contribution in [-0.4, -0.2) is 48.6 Å². The fourth-order valence-corrected chi connectivity index (χ4v) is 3.26. The Labute approximate surface area is 166 Å². The van der Waals surface area contributed by atoms with Gasteiger partial charge in [0.15, 0.2) is 0 Å². The van der Waals surface area contributed by atoms with Gasteiger partial charge in [-0.3, -0.25) is 4.90 Å². The molecule has 0 atom stereocenters. The largest absolute Gasteiger partial charge is 0.416 e. The highest BCUT2D eigenvalue weighted by Crippen LogP contribution is 2.33. The Morgan fingerprint density at radius 3 is 2.36 bits per heavy atom. The zero-order chi connectivity index (χ0) is 20.1. The Morgan fingerprint density at radius 1 is 1.04 bits per heavy atom. The van der Waals surface area contributed by atoms with Gasteiger partial charge in [-0.05, 0) is 30.2 Å². The molecule has 2 aromatic carbocycles. The van der Waals surface area contributed by atoms with Crippen LogP contribution in [0.3, 0.4) is 0 Å². The number of nitrogens with zero attached hydrogens (tertiary/aromatic N) is 2. The van der Waals surface area contributed by atoms with Crippen LogP contribution in [0.2, 0.25) is 5.02 Å². The minimum Gasteiger partial charge on any atom is -0.322 e. The molecule has 0 saturated carbocycles. The molecule has 0 radical (unpaired) electrons. The molecule has 1 saturated heterocycles. The van der Waals surface area contributed by atoms with Crippen LogP contribution < -0.4 is 5.32 Å². The smallest absolute Gasteiger partial charge is 0.322 e. The number of halogens is 4. The SMILES string of the molecule is O=C(Nc1cc(C(F)(F)F)ccc1Cl)N1CCN(CCc2ccccc2)CC1. The number of hydrogen-bond acceptors (Lipinski definition) is 2. The number of carbonyl (C=O) groups is 1. The second kappa shape index (κ2) is 8.84. The molecular formula is C20H21ClF3N3O. The maximum atomic E-state index is 12.9. The lowest BCUT2D eigenvalue weighted by Gasteiger charge is -2.34. The number of alkyl halides is 3. The monoisotopic (exact) mass is 411 g/mol. The molecule has 3 rings (SSSR count). The highest BCUT2D eigenvalue weighted by molar-refractivity contribution is 6.33. The fraction of sp³-hybridized carbons (Fsp3) is 0.350. The van der Waals surface area contributed by atoms with Gasteiger partial charge in [0.05, 0.1) is 16.3 Å². The van der Waals surface area contributed by atoms with Gasteiger partial charge in [0, 0.05) is 32.7 Å². The van der Waals surface area contributed by atoms with Crippen molar-refractivity contribution in [3.05, 3.63) is 64.7 Å². The van der Waals surface area contributed by atoms with Gasteiger partial charge in [-0.2, -0.15) is 13.2 Å². The van der Waals surface area contributed by atoms with Gasteiger partial charge in [-0.1, -0.05) is 41.9 Å². The number of piperazine rings is 1. The van der Waals surface area contributed by atoms with E-state index in [9.17, 15) is 18.0 Å². The molecule has 1 aliphatic rings. The van der Waals surface area contributed by atoms with E-state index in [-0.39, 0.29) is 10.7 Å². The minimum absolute atomic E-state index is 0.0343. The molecule has 0 aliphatic carbocycles. The third-order valence-corrected chi connectivity index (χ3v) is 5.08. The van der Waals surface area contributed by atoms with Crippen molar-refractivity contribution >= 4 is 23.3 Å². The van der Waals surface area contributed by atoms with Crippen molar-refractivity contribution in [1.29, 1.82) is 0 Å². The standard InChI is InChI=1S/C20H21ClF3N3O/c21-17-7-6-16(20(22,23)24)14-18(17)25-19(28)27-12-10-26(11-13-27)9-8-15-4-2-1-3-5-15/h1-7,14H,8-13H2,(H,25,28). The molecule has 1 aliphatic heterocycles. The van der Waals surface area contributed by atoms with E-state index in [1.807, 2.05) is 18.2 Å². The number of anilines is 1. The van der Waals surface area contributed by atoms with Crippen LogP contribution in [0.15, 0.2) is 48.5 Å². The summed E-state index contributed by atoms with van der Waals surface area (Å²) in [6.45, 7) is 3.36. The maximum absolute atomic E-state index is 12.9. The Bertz CT molecular complexity index is 806. The predicted molar refractivity (Wildman–Crippen MR) is 104 cm³/mol. The van der Waals surface area contributed by atoms with E-state index in [0.29, 0.717) is 13.1 Å². The summed E-state index contributed by atoms with van der Waals surface area (Å²) in [6.07, 6.45) is -3.55. The summed E-state index contributed by atoms with van der Waals surface area (Å²) in [5, 5.41) is 2.57. The van der Waals surface area contributed by atoms with E-state index in [4.69, 9.17) is 11.6 Å². The average molecular weight is 412 g/mol. The van der Waals surface area contributed by atoms with E-state index in [1.165, 1.54) is 5.56 Å². The van der Waals surface area contributed by atoms with Crippen LogP contribution in [0.4, 0.5) is 23.7 Å². The summed E-state index contributed by atoms with van der Waals surface area (Å²) in [7, 11) is 0.